The molecule has 1 heterocycles. The number of carbonyl (C=O) groups excluding carboxylic acids is 1. The number of hydrogen-bond acceptors (Lipinski definition) is 3. The first-order chi connectivity index (χ1) is 19.5. The molecule has 0 unspecified atom stereocenters. The summed E-state index contributed by atoms with van der Waals surface area (Å²) >= 11 is 0. The predicted octanol–water partition coefficient (Wildman–Crippen LogP) is 4.02. The van der Waals surface area contributed by atoms with E-state index in [1.54, 1.807) is 0 Å². The van der Waals surface area contributed by atoms with Gasteiger partial charge < -0.3 is 15.7 Å². The molecule has 7 heteroatoms. The number of nitrogens with two attached hydrogens (primary N) is 1. The minimum Gasteiger partial charge on any atom is -0.480 e. The highest BCUT2D eigenvalue weighted by Crippen LogP contribution is 2.48. The maximum atomic E-state index is 13.7. The van der Waals surface area contributed by atoms with Gasteiger partial charge in [0.1, 0.15) is 6.04 Å². The number of amides is 1. The third kappa shape index (κ3) is 6.67. The third-order valence-corrected chi connectivity index (χ3v) is 12.8. The first-order valence-corrected chi connectivity index (χ1v) is 16.5. The van der Waals surface area contributed by atoms with Gasteiger partial charge in [-0.05, 0) is 49.6 Å². The van der Waals surface area contributed by atoms with Crippen LogP contribution < -0.4 is 27.0 Å². The molecule has 0 bridgehead atoms. The molecule has 0 aromatic heterocycles. The molecule has 3 N–H and O–H groups in total. The topological polar surface area (TPSA) is 83.6 Å². The van der Waals surface area contributed by atoms with Crippen LogP contribution in [0.2, 0.25) is 0 Å². The van der Waals surface area contributed by atoms with Crippen LogP contribution in [0, 0.1) is 0 Å². The SMILES string of the molecule is N[C@H](CC(=O)N1C[C@@H](P(c2ccccc2)c2ccccc2)C[C@H]1CP(c1ccccc1)c1ccccc1)C(=O)O. The van der Waals surface area contributed by atoms with E-state index in [9.17, 15) is 14.7 Å². The van der Waals surface area contributed by atoms with Gasteiger partial charge in [0.15, 0.2) is 0 Å². The summed E-state index contributed by atoms with van der Waals surface area (Å²) < 4.78 is 0. The Bertz CT molecular complexity index is 1310. The zero-order valence-corrected chi connectivity index (χ0v) is 24.1. The Balaban J connectivity index is 1.51. The van der Waals surface area contributed by atoms with Gasteiger partial charge in [0.05, 0.1) is 6.42 Å². The van der Waals surface area contributed by atoms with Crippen molar-refractivity contribution in [3.63, 3.8) is 0 Å². The summed E-state index contributed by atoms with van der Waals surface area (Å²) in [5.41, 5.74) is 6.10. The third-order valence-electron chi connectivity index (χ3n) is 7.39. The van der Waals surface area contributed by atoms with Gasteiger partial charge in [-0.3, -0.25) is 9.59 Å². The van der Waals surface area contributed by atoms with E-state index < -0.39 is 27.9 Å². The van der Waals surface area contributed by atoms with Gasteiger partial charge in [0, 0.05) is 18.2 Å². The van der Waals surface area contributed by atoms with Crippen LogP contribution in [0.3, 0.4) is 0 Å². The number of hydrogen-bond donors (Lipinski definition) is 2. The van der Waals surface area contributed by atoms with Crippen LogP contribution in [0.5, 0.6) is 0 Å². The number of carboxylic acids is 1. The van der Waals surface area contributed by atoms with Crippen LogP contribution in [-0.2, 0) is 9.59 Å². The molecule has 0 spiro atoms. The second-order valence-electron chi connectivity index (χ2n) is 10.1. The zero-order valence-electron chi connectivity index (χ0n) is 22.3. The number of carboxylic acid groups (broad SMARTS) is 1. The molecule has 4 aromatic rings. The molecule has 0 radical (unpaired) electrons. The van der Waals surface area contributed by atoms with Crippen molar-refractivity contribution in [2.45, 2.75) is 30.6 Å². The number of likely N-dealkylation sites (tertiary alicyclic amines) is 1. The Hall–Kier alpha value is -3.36. The quantitative estimate of drug-likeness (QED) is 0.283. The van der Waals surface area contributed by atoms with E-state index in [1.165, 1.54) is 21.2 Å². The molecule has 3 atom stereocenters. The van der Waals surface area contributed by atoms with Gasteiger partial charge >= 0.3 is 5.97 Å². The molecule has 1 aliphatic rings. The van der Waals surface area contributed by atoms with Crippen LogP contribution in [0.15, 0.2) is 121 Å². The van der Waals surface area contributed by atoms with Gasteiger partial charge in [0.25, 0.3) is 0 Å². The number of nitrogens with zero attached hydrogens (tertiary/aromatic N) is 1. The lowest BCUT2D eigenvalue weighted by Gasteiger charge is -2.29. The molecule has 1 amide bonds. The first-order valence-electron chi connectivity index (χ1n) is 13.6. The number of carbonyl (C=O) groups is 2. The molecular formula is C33H34N2O3P2. The summed E-state index contributed by atoms with van der Waals surface area (Å²) in [7, 11) is -1.46. The second-order valence-corrected chi connectivity index (χ2v) is 14.8. The van der Waals surface area contributed by atoms with Gasteiger partial charge in [-0.1, -0.05) is 121 Å². The lowest BCUT2D eigenvalue weighted by Crippen LogP contribution is -2.43. The Kier molecular flexibility index (Phi) is 9.39. The molecule has 1 fully saturated rings. The molecule has 204 valence electrons. The lowest BCUT2D eigenvalue weighted by molar-refractivity contribution is -0.142. The average molecular weight is 569 g/mol. The number of benzene rings is 4. The number of rotatable bonds is 10. The van der Waals surface area contributed by atoms with E-state index in [4.69, 9.17) is 5.73 Å². The molecule has 1 aliphatic heterocycles. The minimum absolute atomic E-state index is 0.0116. The standard InChI is InChI=1S/C33H34N2O3P2/c34-31(33(37)38)22-32(36)35-23-30(40(28-17-9-3-10-18-28)29-19-11-4-12-20-29)21-25(35)24-39(26-13-5-1-6-14-26)27-15-7-2-8-16-27/h1-20,25,30-31H,21-24,34H2,(H,37,38)/t25-,30-,31+/m0/s1. The molecule has 0 saturated carbocycles. The predicted molar refractivity (Wildman–Crippen MR) is 167 cm³/mol. The van der Waals surface area contributed by atoms with Crippen molar-refractivity contribution in [2.75, 3.05) is 12.7 Å². The summed E-state index contributed by atoms with van der Waals surface area (Å²) in [6.07, 6.45) is 1.49. The molecule has 5 nitrogen and oxygen atoms in total. The summed E-state index contributed by atoms with van der Waals surface area (Å²) in [6.45, 7) is 0.595. The van der Waals surface area contributed by atoms with E-state index in [2.05, 4.69) is 97.1 Å². The highest BCUT2D eigenvalue weighted by molar-refractivity contribution is 7.74. The summed E-state index contributed by atoms with van der Waals surface area (Å²) in [5, 5.41) is 14.6. The molecule has 40 heavy (non-hydrogen) atoms. The van der Waals surface area contributed by atoms with Crippen molar-refractivity contribution in [1.82, 2.24) is 4.90 Å². The van der Waals surface area contributed by atoms with E-state index in [-0.39, 0.29) is 24.0 Å². The molecule has 5 rings (SSSR count). The fraction of sp³-hybridized carbons (Fsp3) is 0.212. The van der Waals surface area contributed by atoms with Crippen molar-refractivity contribution in [3.8, 4) is 0 Å². The van der Waals surface area contributed by atoms with E-state index in [1.807, 2.05) is 29.2 Å². The molecule has 4 aromatic carbocycles. The Morgan fingerprint density at radius 2 is 1.18 bits per heavy atom. The average Bonchev–Trinajstić information content (AvgIpc) is 3.41. The monoisotopic (exact) mass is 568 g/mol. The zero-order chi connectivity index (χ0) is 27.9. The lowest BCUT2D eigenvalue weighted by atomic mass is 10.2. The second kappa shape index (κ2) is 13.3. The number of aliphatic carboxylic acids is 1. The smallest absolute Gasteiger partial charge is 0.321 e. The van der Waals surface area contributed by atoms with Crippen molar-refractivity contribution in [3.05, 3.63) is 121 Å². The normalized spacial score (nSPS) is 17.7. The first kappa shape index (κ1) is 28.2. The fourth-order valence-electron chi connectivity index (χ4n) is 5.48. The Morgan fingerprint density at radius 3 is 1.60 bits per heavy atom. The van der Waals surface area contributed by atoms with Crippen LogP contribution in [0.1, 0.15) is 12.8 Å². The molecular weight excluding hydrogens is 534 g/mol. The van der Waals surface area contributed by atoms with Gasteiger partial charge in [-0.2, -0.15) is 0 Å². The summed E-state index contributed by atoms with van der Waals surface area (Å²) in [6, 6.07) is 41.0. The van der Waals surface area contributed by atoms with Gasteiger partial charge in [-0.15, -0.1) is 0 Å². The van der Waals surface area contributed by atoms with Crippen molar-refractivity contribution >= 4 is 48.9 Å². The summed E-state index contributed by atoms with van der Waals surface area (Å²) in [4.78, 5) is 27.1. The maximum Gasteiger partial charge on any atom is 0.321 e. The van der Waals surface area contributed by atoms with Crippen LogP contribution >= 0.6 is 15.8 Å². The van der Waals surface area contributed by atoms with Crippen LogP contribution in [0.4, 0.5) is 0 Å². The maximum absolute atomic E-state index is 13.7. The van der Waals surface area contributed by atoms with Crippen LogP contribution in [0.25, 0.3) is 0 Å². The van der Waals surface area contributed by atoms with Gasteiger partial charge in [0.2, 0.25) is 5.91 Å². The van der Waals surface area contributed by atoms with E-state index >= 15 is 0 Å². The van der Waals surface area contributed by atoms with Crippen molar-refractivity contribution in [2.24, 2.45) is 5.73 Å². The largest absolute Gasteiger partial charge is 0.480 e. The Morgan fingerprint density at radius 1 is 0.750 bits per heavy atom. The van der Waals surface area contributed by atoms with Crippen molar-refractivity contribution < 1.29 is 14.7 Å². The molecule has 0 aliphatic carbocycles. The fourth-order valence-corrected chi connectivity index (χ4v) is 11.0. The Labute approximate surface area is 238 Å². The van der Waals surface area contributed by atoms with Crippen molar-refractivity contribution in [1.29, 1.82) is 0 Å². The van der Waals surface area contributed by atoms with Crippen LogP contribution in [-0.4, -0.2) is 52.3 Å². The highest BCUT2D eigenvalue weighted by atomic mass is 31.1. The minimum atomic E-state index is -1.21. The summed E-state index contributed by atoms with van der Waals surface area (Å²) in [5.74, 6) is -1.32. The van der Waals surface area contributed by atoms with E-state index in [0.29, 0.717) is 6.54 Å². The van der Waals surface area contributed by atoms with Gasteiger partial charge in [-0.25, -0.2) is 0 Å². The highest BCUT2D eigenvalue weighted by Gasteiger charge is 2.41. The van der Waals surface area contributed by atoms with E-state index in [0.717, 1.165) is 12.6 Å². The molecule has 1 saturated heterocycles.